The predicted molar refractivity (Wildman–Crippen MR) is 86.8 cm³/mol. The van der Waals surface area contributed by atoms with E-state index in [1.165, 1.54) is 0 Å². The third-order valence-electron chi connectivity index (χ3n) is 3.88. The first kappa shape index (κ1) is 17.0. The van der Waals surface area contributed by atoms with Crippen molar-refractivity contribution in [1.29, 1.82) is 0 Å². The summed E-state index contributed by atoms with van der Waals surface area (Å²) in [5.74, 6) is 5.80. The van der Waals surface area contributed by atoms with Gasteiger partial charge in [0.2, 0.25) is 10.0 Å². The average Bonchev–Trinajstić information content (AvgIpc) is 2.48. The smallest absolute Gasteiger partial charge is 0.240 e. The Labute approximate surface area is 133 Å². The van der Waals surface area contributed by atoms with Gasteiger partial charge >= 0.3 is 0 Å². The van der Waals surface area contributed by atoms with Gasteiger partial charge in [-0.2, -0.15) is 0 Å². The van der Waals surface area contributed by atoms with Crippen molar-refractivity contribution in [3.63, 3.8) is 0 Å². The molecule has 2 rings (SSSR count). The van der Waals surface area contributed by atoms with Crippen molar-refractivity contribution in [1.82, 2.24) is 4.72 Å². The van der Waals surface area contributed by atoms with E-state index in [-0.39, 0.29) is 11.4 Å². The molecule has 1 aliphatic rings. The fraction of sp³-hybridized carbons (Fsp3) is 0.529. The molecule has 0 bridgehead atoms. The van der Waals surface area contributed by atoms with Crippen molar-refractivity contribution in [2.45, 2.75) is 55.9 Å². The summed E-state index contributed by atoms with van der Waals surface area (Å²) in [4.78, 5) is 0.261. The van der Waals surface area contributed by atoms with Crippen molar-refractivity contribution in [2.24, 2.45) is 0 Å². The van der Waals surface area contributed by atoms with Crippen molar-refractivity contribution in [3.8, 4) is 11.8 Å². The van der Waals surface area contributed by atoms with Crippen LogP contribution in [0.2, 0.25) is 0 Å². The summed E-state index contributed by atoms with van der Waals surface area (Å²) in [6.07, 6.45) is 4.99. The van der Waals surface area contributed by atoms with E-state index in [0.717, 1.165) is 37.7 Å². The van der Waals surface area contributed by atoms with Gasteiger partial charge in [0.1, 0.15) is 5.60 Å². The van der Waals surface area contributed by atoms with Crippen LogP contribution in [0.5, 0.6) is 0 Å². The molecule has 1 aromatic carbocycles. The number of rotatable bonds is 4. The summed E-state index contributed by atoms with van der Waals surface area (Å²) >= 11 is 0. The predicted octanol–water partition coefficient (Wildman–Crippen LogP) is 2.36. The fourth-order valence-electron chi connectivity index (χ4n) is 2.54. The monoisotopic (exact) mass is 321 g/mol. The molecular formula is C17H23NO3S. The largest absolute Gasteiger partial charge is 0.378 e. The maximum absolute atomic E-state index is 12.1. The van der Waals surface area contributed by atoms with E-state index in [2.05, 4.69) is 16.6 Å². The van der Waals surface area contributed by atoms with Crippen LogP contribution in [-0.2, 0) is 10.0 Å². The maximum Gasteiger partial charge on any atom is 0.240 e. The summed E-state index contributed by atoms with van der Waals surface area (Å²) in [6.45, 7) is 2.16. The second-order valence-corrected chi connectivity index (χ2v) is 7.62. The van der Waals surface area contributed by atoms with E-state index in [1.807, 2.05) is 6.92 Å². The van der Waals surface area contributed by atoms with Gasteiger partial charge < -0.3 is 5.11 Å². The second kappa shape index (κ2) is 7.28. The molecule has 0 atom stereocenters. The van der Waals surface area contributed by atoms with Crippen molar-refractivity contribution in [3.05, 3.63) is 29.8 Å². The molecule has 1 aliphatic carbocycles. The number of hydrogen-bond donors (Lipinski definition) is 2. The lowest BCUT2D eigenvalue weighted by molar-refractivity contribution is 0.0609. The lowest BCUT2D eigenvalue weighted by Gasteiger charge is -2.26. The Bertz CT molecular complexity index is 647. The molecule has 0 spiro atoms. The molecule has 0 aliphatic heterocycles. The van der Waals surface area contributed by atoms with Crippen LogP contribution in [0.4, 0.5) is 0 Å². The first-order valence-corrected chi connectivity index (χ1v) is 9.18. The zero-order valence-electron chi connectivity index (χ0n) is 12.9. The van der Waals surface area contributed by atoms with E-state index in [0.29, 0.717) is 6.42 Å². The van der Waals surface area contributed by atoms with Crippen LogP contribution in [0.25, 0.3) is 0 Å². The van der Waals surface area contributed by atoms with Crippen molar-refractivity contribution >= 4 is 10.0 Å². The highest BCUT2D eigenvalue weighted by Gasteiger charge is 2.26. The van der Waals surface area contributed by atoms with E-state index >= 15 is 0 Å². The van der Waals surface area contributed by atoms with E-state index in [4.69, 9.17) is 0 Å². The number of aryl methyl sites for hydroxylation is 1. The Hall–Kier alpha value is -1.35. The van der Waals surface area contributed by atoms with E-state index in [1.54, 1.807) is 24.3 Å². The fourth-order valence-corrected chi connectivity index (χ4v) is 3.57. The van der Waals surface area contributed by atoms with Crippen LogP contribution in [0.15, 0.2) is 29.2 Å². The van der Waals surface area contributed by atoms with Gasteiger partial charge in [0.05, 0.1) is 4.90 Å². The van der Waals surface area contributed by atoms with Gasteiger partial charge in [-0.05, 0) is 44.7 Å². The molecule has 0 heterocycles. The number of benzene rings is 1. The highest BCUT2D eigenvalue weighted by Crippen LogP contribution is 2.27. The van der Waals surface area contributed by atoms with E-state index in [9.17, 15) is 13.5 Å². The molecule has 0 saturated heterocycles. The van der Waals surface area contributed by atoms with Crippen LogP contribution in [-0.4, -0.2) is 25.7 Å². The minimum Gasteiger partial charge on any atom is -0.378 e. The molecule has 4 nitrogen and oxygen atoms in total. The third-order valence-corrected chi connectivity index (χ3v) is 5.35. The highest BCUT2D eigenvalue weighted by atomic mass is 32.2. The van der Waals surface area contributed by atoms with Crippen molar-refractivity contribution in [2.75, 3.05) is 6.54 Å². The minimum absolute atomic E-state index is 0.249. The average molecular weight is 321 g/mol. The molecule has 1 fully saturated rings. The SMILES string of the molecule is Cc1ccc(S(=O)(=O)NCCC#CC2(O)CCCCC2)cc1. The van der Waals surface area contributed by atoms with Gasteiger partial charge in [-0.3, -0.25) is 0 Å². The van der Waals surface area contributed by atoms with Gasteiger partial charge in [0.25, 0.3) is 0 Å². The van der Waals surface area contributed by atoms with Crippen LogP contribution in [0, 0.1) is 18.8 Å². The van der Waals surface area contributed by atoms with Gasteiger partial charge in [0.15, 0.2) is 0 Å². The van der Waals surface area contributed by atoms with Gasteiger partial charge in [-0.15, -0.1) is 0 Å². The molecule has 1 aromatic rings. The summed E-state index contributed by atoms with van der Waals surface area (Å²) in [6, 6.07) is 6.72. The van der Waals surface area contributed by atoms with Crippen LogP contribution < -0.4 is 4.72 Å². The first-order chi connectivity index (χ1) is 10.4. The van der Waals surface area contributed by atoms with Crippen LogP contribution in [0.1, 0.15) is 44.1 Å². The van der Waals surface area contributed by atoms with Crippen LogP contribution in [0.3, 0.4) is 0 Å². The first-order valence-electron chi connectivity index (χ1n) is 7.70. The summed E-state index contributed by atoms with van der Waals surface area (Å²) < 4.78 is 26.7. The third kappa shape index (κ3) is 4.84. The van der Waals surface area contributed by atoms with Crippen LogP contribution >= 0.6 is 0 Å². The summed E-state index contributed by atoms with van der Waals surface area (Å²) in [5.41, 5.74) is 0.152. The molecule has 1 saturated carbocycles. The number of nitrogens with one attached hydrogen (secondary N) is 1. The summed E-state index contributed by atoms with van der Waals surface area (Å²) in [7, 11) is -3.48. The van der Waals surface area contributed by atoms with Crippen molar-refractivity contribution < 1.29 is 13.5 Å². The Kier molecular flexibility index (Phi) is 5.63. The Morgan fingerprint density at radius 2 is 1.82 bits per heavy atom. The number of aliphatic hydroxyl groups is 1. The Balaban J connectivity index is 1.84. The molecule has 0 unspecified atom stereocenters. The zero-order valence-corrected chi connectivity index (χ0v) is 13.7. The molecule has 0 amide bonds. The number of sulfonamides is 1. The molecule has 5 heteroatoms. The number of hydrogen-bond acceptors (Lipinski definition) is 3. The molecule has 2 N–H and O–H groups in total. The maximum atomic E-state index is 12.1. The Morgan fingerprint density at radius 1 is 1.18 bits per heavy atom. The minimum atomic E-state index is -3.48. The molecule has 22 heavy (non-hydrogen) atoms. The molecule has 0 aromatic heterocycles. The Morgan fingerprint density at radius 3 is 2.45 bits per heavy atom. The lowest BCUT2D eigenvalue weighted by atomic mass is 9.85. The quantitative estimate of drug-likeness (QED) is 0.661. The zero-order chi connectivity index (χ0) is 16.1. The molecule has 0 radical (unpaired) electrons. The standard InChI is InChI=1S/C17H23NO3S/c1-15-7-9-16(10-8-15)22(20,21)18-14-6-5-13-17(19)11-3-2-4-12-17/h7-10,18-19H,2-4,6,11-12,14H2,1H3. The van der Waals surface area contributed by atoms with Gasteiger partial charge in [-0.25, -0.2) is 13.1 Å². The summed E-state index contributed by atoms with van der Waals surface area (Å²) in [5, 5.41) is 10.2. The lowest BCUT2D eigenvalue weighted by Crippen LogP contribution is -2.29. The normalized spacial score (nSPS) is 17.5. The van der Waals surface area contributed by atoms with E-state index < -0.39 is 15.6 Å². The molecule has 120 valence electrons. The molecular weight excluding hydrogens is 298 g/mol. The van der Waals surface area contributed by atoms with Gasteiger partial charge in [0, 0.05) is 13.0 Å². The van der Waals surface area contributed by atoms with Gasteiger partial charge in [-0.1, -0.05) is 36.0 Å². The second-order valence-electron chi connectivity index (χ2n) is 5.85. The topological polar surface area (TPSA) is 66.4 Å². The highest BCUT2D eigenvalue weighted by molar-refractivity contribution is 7.89.